The first-order chi connectivity index (χ1) is 13.0. The summed E-state index contributed by atoms with van der Waals surface area (Å²) in [4.78, 5) is 20.3. The minimum Gasteiger partial charge on any atom is -0.372 e. The van der Waals surface area contributed by atoms with Crippen molar-refractivity contribution in [3.63, 3.8) is 0 Å². The van der Waals surface area contributed by atoms with Crippen molar-refractivity contribution < 1.29 is 4.74 Å². The number of rotatable bonds is 3. The van der Waals surface area contributed by atoms with E-state index in [0.29, 0.717) is 28.0 Å². The number of aryl methyl sites for hydroxylation is 1. The molecule has 27 heavy (non-hydrogen) atoms. The largest absolute Gasteiger partial charge is 0.372 e. The highest BCUT2D eigenvalue weighted by molar-refractivity contribution is 6.30. The van der Waals surface area contributed by atoms with Gasteiger partial charge in [-0.05, 0) is 44.5 Å². The highest BCUT2D eigenvalue weighted by Gasteiger charge is 2.25. The van der Waals surface area contributed by atoms with Gasteiger partial charge in [0.05, 0.1) is 12.2 Å². The zero-order valence-electron chi connectivity index (χ0n) is 15.5. The lowest BCUT2D eigenvalue weighted by Gasteiger charge is -2.35. The Labute approximate surface area is 162 Å². The molecule has 3 heterocycles. The number of benzene rings is 1. The van der Waals surface area contributed by atoms with E-state index < -0.39 is 0 Å². The van der Waals surface area contributed by atoms with Crippen molar-refractivity contribution >= 4 is 40.2 Å². The Kier molecular flexibility index (Phi) is 4.80. The van der Waals surface area contributed by atoms with Crippen LogP contribution in [-0.2, 0) is 4.74 Å². The summed E-state index contributed by atoms with van der Waals surface area (Å²) in [6.45, 7) is 7.57. The second-order valence-corrected chi connectivity index (χ2v) is 7.28. The quantitative estimate of drug-likeness (QED) is 0.737. The molecule has 2 aromatic heterocycles. The van der Waals surface area contributed by atoms with E-state index in [4.69, 9.17) is 21.3 Å². The Morgan fingerprint density at radius 2 is 1.85 bits per heavy atom. The van der Waals surface area contributed by atoms with Crippen LogP contribution in [-0.4, -0.2) is 45.2 Å². The third-order valence-corrected chi connectivity index (χ3v) is 4.70. The van der Waals surface area contributed by atoms with Crippen molar-refractivity contribution in [3.8, 4) is 0 Å². The van der Waals surface area contributed by atoms with Gasteiger partial charge in [-0.2, -0.15) is 9.97 Å². The fourth-order valence-electron chi connectivity index (χ4n) is 3.32. The first kappa shape index (κ1) is 17.9. The normalized spacial score (nSPS) is 20.1. The SMILES string of the molecule is Cc1cc(Cl)ccc1Nc1nc(N2C[C@@H](C)O[C@@H](C)C2)nc2nccnc12. The van der Waals surface area contributed by atoms with Gasteiger partial charge in [0.25, 0.3) is 0 Å². The van der Waals surface area contributed by atoms with Crippen LogP contribution in [0.15, 0.2) is 30.6 Å². The molecule has 1 aromatic carbocycles. The Morgan fingerprint density at radius 3 is 2.59 bits per heavy atom. The molecule has 1 aliphatic heterocycles. The van der Waals surface area contributed by atoms with E-state index in [0.717, 1.165) is 24.3 Å². The zero-order valence-corrected chi connectivity index (χ0v) is 16.2. The molecule has 7 nitrogen and oxygen atoms in total. The van der Waals surface area contributed by atoms with Crippen molar-refractivity contribution in [2.45, 2.75) is 33.0 Å². The Bertz CT molecular complexity index is 972. The average Bonchev–Trinajstić information content (AvgIpc) is 2.63. The molecule has 0 amide bonds. The van der Waals surface area contributed by atoms with E-state index in [1.807, 2.05) is 25.1 Å². The summed E-state index contributed by atoms with van der Waals surface area (Å²) in [6.07, 6.45) is 3.51. The Morgan fingerprint density at radius 1 is 1.11 bits per heavy atom. The third kappa shape index (κ3) is 3.79. The van der Waals surface area contributed by atoms with Crippen LogP contribution in [0.5, 0.6) is 0 Å². The lowest BCUT2D eigenvalue weighted by molar-refractivity contribution is -0.00569. The number of ether oxygens (including phenoxy) is 1. The molecule has 0 spiro atoms. The molecule has 140 valence electrons. The van der Waals surface area contributed by atoms with Crippen LogP contribution in [0.2, 0.25) is 5.02 Å². The van der Waals surface area contributed by atoms with Crippen molar-refractivity contribution in [2.24, 2.45) is 0 Å². The van der Waals surface area contributed by atoms with Crippen molar-refractivity contribution in [1.29, 1.82) is 0 Å². The maximum Gasteiger partial charge on any atom is 0.229 e. The summed E-state index contributed by atoms with van der Waals surface area (Å²) >= 11 is 6.07. The van der Waals surface area contributed by atoms with Crippen molar-refractivity contribution in [2.75, 3.05) is 23.3 Å². The van der Waals surface area contributed by atoms with Crippen LogP contribution < -0.4 is 10.2 Å². The highest BCUT2D eigenvalue weighted by Crippen LogP contribution is 2.28. The first-order valence-electron chi connectivity index (χ1n) is 8.92. The number of anilines is 3. The van der Waals surface area contributed by atoms with Crippen LogP contribution in [0.25, 0.3) is 11.2 Å². The van der Waals surface area contributed by atoms with Crippen molar-refractivity contribution in [3.05, 3.63) is 41.2 Å². The van der Waals surface area contributed by atoms with Gasteiger partial charge in [-0.15, -0.1) is 0 Å². The summed E-state index contributed by atoms with van der Waals surface area (Å²) in [5, 5.41) is 4.07. The molecule has 1 N–H and O–H groups in total. The average molecular weight is 385 g/mol. The van der Waals surface area contributed by atoms with Gasteiger partial charge in [-0.3, -0.25) is 0 Å². The number of fused-ring (bicyclic) bond motifs is 1. The lowest BCUT2D eigenvalue weighted by atomic mass is 10.2. The third-order valence-electron chi connectivity index (χ3n) is 4.46. The number of halogens is 1. The van der Waals surface area contributed by atoms with Crippen LogP contribution >= 0.6 is 11.6 Å². The molecule has 0 saturated carbocycles. The number of nitrogens with zero attached hydrogens (tertiary/aromatic N) is 5. The standard InChI is InChI=1S/C19H21ClN6O/c1-11-8-14(20)4-5-15(11)23-18-16-17(22-7-6-21-16)24-19(25-18)26-9-12(2)27-13(3)10-26/h4-8,12-13H,9-10H2,1-3H3,(H,22,23,24,25)/t12-,13+. The van der Waals surface area contributed by atoms with E-state index in [-0.39, 0.29) is 12.2 Å². The second kappa shape index (κ2) is 7.25. The van der Waals surface area contributed by atoms with Gasteiger partial charge in [0.1, 0.15) is 0 Å². The number of hydrogen-bond donors (Lipinski definition) is 1. The maximum absolute atomic E-state index is 6.07. The van der Waals surface area contributed by atoms with E-state index in [1.54, 1.807) is 12.4 Å². The van der Waals surface area contributed by atoms with E-state index in [9.17, 15) is 0 Å². The minimum absolute atomic E-state index is 0.116. The van der Waals surface area contributed by atoms with Crippen LogP contribution in [0.1, 0.15) is 19.4 Å². The molecule has 1 aliphatic rings. The summed E-state index contributed by atoms with van der Waals surface area (Å²) in [5.41, 5.74) is 3.13. The predicted molar refractivity (Wildman–Crippen MR) is 107 cm³/mol. The number of aromatic nitrogens is 4. The van der Waals surface area contributed by atoms with Gasteiger partial charge in [0.2, 0.25) is 5.95 Å². The maximum atomic E-state index is 6.07. The van der Waals surface area contributed by atoms with Crippen LogP contribution in [0.3, 0.4) is 0 Å². The zero-order chi connectivity index (χ0) is 19.0. The molecule has 2 atom stereocenters. The van der Waals surface area contributed by atoms with Crippen LogP contribution in [0, 0.1) is 6.92 Å². The Hall–Kier alpha value is -2.51. The fraction of sp³-hybridized carbons (Fsp3) is 0.368. The fourth-order valence-corrected chi connectivity index (χ4v) is 3.54. The van der Waals surface area contributed by atoms with Gasteiger partial charge in [0, 0.05) is 36.2 Å². The molecule has 1 saturated heterocycles. The van der Waals surface area contributed by atoms with E-state index >= 15 is 0 Å². The highest BCUT2D eigenvalue weighted by atomic mass is 35.5. The summed E-state index contributed by atoms with van der Waals surface area (Å²) < 4.78 is 5.82. The molecule has 4 rings (SSSR count). The molecular formula is C19H21ClN6O. The number of nitrogens with one attached hydrogen (secondary N) is 1. The molecule has 0 bridgehead atoms. The van der Waals surface area contributed by atoms with Crippen molar-refractivity contribution in [1.82, 2.24) is 19.9 Å². The second-order valence-electron chi connectivity index (χ2n) is 6.85. The minimum atomic E-state index is 0.116. The molecule has 0 unspecified atom stereocenters. The molecule has 1 fully saturated rings. The molecule has 3 aromatic rings. The Balaban J connectivity index is 1.76. The summed E-state index contributed by atoms with van der Waals surface area (Å²) in [5.74, 6) is 1.25. The van der Waals surface area contributed by atoms with Crippen LogP contribution in [0.4, 0.5) is 17.5 Å². The molecule has 8 heteroatoms. The van der Waals surface area contributed by atoms with Gasteiger partial charge < -0.3 is 15.0 Å². The number of hydrogen-bond acceptors (Lipinski definition) is 7. The lowest BCUT2D eigenvalue weighted by Crippen LogP contribution is -2.46. The summed E-state index contributed by atoms with van der Waals surface area (Å²) in [7, 11) is 0. The van der Waals surface area contributed by atoms with Gasteiger partial charge >= 0.3 is 0 Å². The van der Waals surface area contributed by atoms with Gasteiger partial charge in [-0.1, -0.05) is 11.6 Å². The monoisotopic (exact) mass is 384 g/mol. The van der Waals surface area contributed by atoms with Gasteiger partial charge in [-0.25, -0.2) is 9.97 Å². The van der Waals surface area contributed by atoms with Gasteiger partial charge in [0.15, 0.2) is 17.0 Å². The molecular weight excluding hydrogens is 364 g/mol. The summed E-state index contributed by atoms with van der Waals surface area (Å²) in [6, 6.07) is 5.68. The first-order valence-corrected chi connectivity index (χ1v) is 9.30. The topological polar surface area (TPSA) is 76.1 Å². The molecule has 0 radical (unpaired) electrons. The van der Waals surface area contributed by atoms with E-state index in [2.05, 4.69) is 39.0 Å². The molecule has 0 aliphatic carbocycles. The smallest absolute Gasteiger partial charge is 0.229 e. The number of morpholine rings is 1. The predicted octanol–water partition coefficient (Wildman–Crippen LogP) is 3.74. The van der Waals surface area contributed by atoms with E-state index in [1.165, 1.54) is 0 Å².